The molecule has 10 aromatic rings. The molecule has 0 aliphatic heterocycles. The third-order valence-electron chi connectivity index (χ3n) is 13.5. The van der Waals surface area contributed by atoms with Crippen molar-refractivity contribution in [2.45, 2.75) is 12.3 Å². The molecule has 3 aliphatic rings. The molecule has 2 unspecified atom stereocenters. The van der Waals surface area contributed by atoms with Gasteiger partial charge in [-0.3, -0.25) is 4.40 Å². The van der Waals surface area contributed by atoms with E-state index in [1.54, 1.807) is 0 Å². The Balaban J connectivity index is 1.07. The molecule has 0 fully saturated rings. The fourth-order valence-corrected chi connectivity index (χ4v) is 10.7. The van der Waals surface area contributed by atoms with E-state index in [2.05, 4.69) is 199 Å². The summed E-state index contributed by atoms with van der Waals surface area (Å²) in [5.74, 6) is 0.259. The van der Waals surface area contributed by atoms with Crippen molar-refractivity contribution in [1.82, 2.24) is 9.38 Å². The van der Waals surface area contributed by atoms with Crippen LogP contribution in [0.4, 0.5) is 0 Å². The van der Waals surface area contributed by atoms with Crippen molar-refractivity contribution in [3.63, 3.8) is 0 Å². The molecule has 0 N–H and O–H groups in total. The lowest BCUT2D eigenvalue weighted by Crippen LogP contribution is -2.25. The molecule has 0 spiro atoms. The molecule has 2 aromatic heterocycles. The number of nitrogens with zero attached hydrogens (tertiary/aromatic N) is 2. The zero-order valence-corrected chi connectivity index (χ0v) is 32.9. The Labute approximate surface area is 348 Å². The van der Waals surface area contributed by atoms with E-state index in [1.165, 1.54) is 99.1 Å². The largest absolute Gasteiger partial charge is 0.292 e. The number of fused-ring (bicyclic) bond motifs is 13. The number of para-hydroxylation sites is 2. The lowest BCUT2D eigenvalue weighted by Gasteiger charge is -2.39. The Kier molecular flexibility index (Phi) is 7.09. The minimum absolute atomic E-state index is 0.103. The maximum absolute atomic E-state index is 5.24. The zero-order valence-electron chi connectivity index (χ0n) is 32.9. The summed E-state index contributed by atoms with van der Waals surface area (Å²) >= 11 is 0. The van der Waals surface area contributed by atoms with Gasteiger partial charge in [0.2, 0.25) is 0 Å². The molecule has 2 heterocycles. The van der Waals surface area contributed by atoms with E-state index in [0.717, 1.165) is 28.5 Å². The minimum Gasteiger partial charge on any atom is -0.292 e. The van der Waals surface area contributed by atoms with Crippen LogP contribution in [0.25, 0.3) is 82.7 Å². The molecule has 0 saturated carbocycles. The molecule has 0 bridgehead atoms. The van der Waals surface area contributed by atoms with E-state index in [-0.39, 0.29) is 11.8 Å². The quantitative estimate of drug-likeness (QED) is 0.129. The Hall–Kier alpha value is -7.55. The zero-order chi connectivity index (χ0) is 39.5. The summed E-state index contributed by atoms with van der Waals surface area (Å²) < 4.78 is 2.36. The number of hydrogen-bond donors (Lipinski definition) is 0. The summed E-state index contributed by atoms with van der Waals surface area (Å²) in [6.45, 7) is 4.76. The first-order valence-corrected chi connectivity index (χ1v) is 21.0. The maximum Gasteiger partial charge on any atom is 0.146 e. The molecule has 0 radical (unpaired) electrons. The van der Waals surface area contributed by atoms with Gasteiger partial charge in [-0.2, -0.15) is 0 Å². The predicted molar refractivity (Wildman–Crippen MR) is 252 cm³/mol. The van der Waals surface area contributed by atoms with E-state index in [1.807, 2.05) is 0 Å². The molecule has 0 saturated heterocycles. The van der Waals surface area contributed by atoms with Crippen molar-refractivity contribution in [1.29, 1.82) is 0 Å². The molecular formula is C58H38N2. The van der Waals surface area contributed by atoms with Crippen LogP contribution >= 0.6 is 0 Å². The number of aromatic nitrogens is 2. The molecule has 0 amide bonds. The summed E-state index contributed by atoms with van der Waals surface area (Å²) in [7, 11) is 0. The monoisotopic (exact) mass is 762 g/mol. The second-order valence-electron chi connectivity index (χ2n) is 16.8. The molecule has 8 aromatic carbocycles. The maximum atomic E-state index is 5.24. The van der Waals surface area contributed by atoms with Crippen molar-refractivity contribution in [2.24, 2.45) is 5.92 Å². The number of benzene rings is 8. The predicted octanol–water partition coefficient (Wildman–Crippen LogP) is 14.6. The number of rotatable bonds is 3. The van der Waals surface area contributed by atoms with Gasteiger partial charge in [0.15, 0.2) is 0 Å². The average molecular weight is 763 g/mol. The van der Waals surface area contributed by atoms with Gasteiger partial charge in [0.05, 0.1) is 16.6 Å². The number of allylic oxidation sites excluding steroid dienone is 7. The first-order chi connectivity index (χ1) is 29.6. The highest BCUT2D eigenvalue weighted by Gasteiger charge is 2.38. The molecular weight excluding hydrogens is 725 g/mol. The fraction of sp³-hybridized carbons (Fsp3) is 0.0517. The van der Waals surface area contributed by atoms with Gasteiger partial charge < -0.3 is 0 Å². The number of hydrogen-bond acceptors (Lipinski definition) is 1. The summed E-state index contributed by atoms with van der Waals surface area (Å²) in [5, 5.41) is 8.56. The number of pyridine rings is 1. The molecule has 2 heteroatoms. The normalized spacial score (nSPS) is 17.2. The van der Waals surface area contributed by atoms with Gasteiger partial charge in [-0.25, -0.2) is 4.98 Å². The number of imidazole rings is 1. The lowest BCUT2D eigenvalue weighted by atomic mass is 9.64. The second kappa shape index (κ2) is 12.7. The van der Waals surface area contributed by atoms with Gasteiger partial charge in [0.1, 0.15) is 5.65 Å². The Morgan fingerprint density at radius 2 is 1.30 bits per heavy atom. The summed E-state index contributed by atoms with van der Waals surface area (Å²) in [5.41, 5.74) is 18.5. The Bertz CT molecular complexity index is 3660. The van der Waals surface area contributed by atoms with Crippen LogP contribution in [0.15, 0.2) is 211 Å². The van der Waals surface area contributed by atoms with Crippen LogP contribution in [-0.2, 0) is 6.42 Å². The molecule has 2 nitrogen and oxygen atoms in total. The first kappa shape index (κ1) is 33.4. The van der Waals surface area contributed by atoms with Crippen molar-refractivity contribution >= 4 is 71.5 Å². The van der Waals surface area contributed by atoms with Crippen LogP contribution < -0.4 is 0 Å². The van der Waals surface area contributed by atoms with Crippen molar-refractivity contribution in [3.8, 4) is 11.1 Å². The average Bonchev–Trinajstić information content (AvgIpc) is 3.70. The van der Waals surface area contributed by atoms with Gasteiger partial charge in [-0.1, -0.05) is 152 Å². The van der Waals surface area contributed by atoms with Gasteiger partial charge in [0.25, 0.3) is 0 Å². The van der Waals surface area contributed by atoms with Crippen LogP contribution in [0.3, 0.4) is 0 Å². The summed E-state index contributed by atoms with van der Waals surface area (Å²) in [4.78, 5) is 5.24. The van der Waals surface area contributed by atoms with Crippen molar-refractivity contribution in [2.75, 3.05) is 0 Å². The summed E-state index contributed by atoms with van der Waals surface area (Å²) in [6, 6.07) is 60.7. The van der Waals surface area contributed by atoms with Gasteiger partial charge in [-0.15, -0.1) is 0 Å². The van der Waals surface area contributed by atoms with E-state index in [4.69, 9.17) is 11.6 Å². The van der Waals surface area contributed by atoms with E-state index in [9.17, 15) is 0 Å². The fourth-order valence-electron chi connectivity index (χ4n) is 10.7. The molecule has 3 aliphatic carbocycles. The standard InChI is InChI=1S/C58H38N2/c1-35-28-37-13-4-5-15-39(37)30-49(35)57-46-19-9-8-18-45(46)56(44-23-22-36-12-2-3-14-38(36)29-44)47-26-24-43(33-52(47)57)42-25-27-48-50(31-42)51-32-40-16-6-7-17-41(40)34-55(51)60-54-21-11-10-20-53(54)59-58(48)60/h2-27,29-34,46,57H,1,28H2. The third kappa shape index (κ3) is 4.91. The van der Waals surface area contributed by atoms with Crippen LogP contribution in [0.5, 0.6) is 0 Å². The van der Waals surface area contributed by atoms with Crippen molar-refractivity contribution < 1.29 is 0 Å². The van der Waals surface area contributed by atoms with E-state index >= 15 is 0 Å². The third-order valence-corrected chi connectivity index (χ3v) is 13.5. The van der Waals surface area contributed by atoms with Gasteiger partial charge in [0, 0.05) is 22.6 Å². The minimum atomic E-state index is 0.103. The molecule has 280 valence electrons. The highest BCUT2D eigenvalue weighted by Crippen LogP contribution is 2.54. The van der Waals surface area contributed by atoms with Crippen LogP contribution in [-0.4, -0.2) is 9.38 Å². The smallest absolute Gasteiger partial charge is 0.146 e. The van der Waals surface area contributed by atoms with Crippen LogP contribution in [0.1, 0.15) is 33.7 Å². The van der Waals surface area contributed by atoms with Crippen molar-refractivity contribution in [3.05, 3.63) is 239 Å². The topological polar surface area (TPSA) is 17.3 Å². The lowest BCUT2D eigenvalue weighted by molar-refractivity contribution is 0.641. The van der Waals surface area contributed by atoms with E-state index < -0.39 is 0 Å². The van der Waals surface area contributed by atoms with Crippen LogP contribution in [0, 0.1) is 5.92 Å². The molecule has 13 rings (SSSR count). The Morgan fingerprint density at radius 1 is 0.567 bits per heavy atom. The molecule has 60 heavy (non-hydrogen) atoms. The van der Waals surface area contributed by atoms with E-state index in [0.29, 0.717) is 0 Å². The highest BCUT2D eigenvalue weighted by molar-refractivity contribution is 6.17. The highest BCUT2D eigenvalue weighted by atomic mass is 15.0. The first-order valence-electron chi connectivity index (χ1n) is 21.0. The van der Waals surface area contributed by atoms with Gasteiger partial charge >= 0.3 is 0 Å². The SMILES string of the molecule is C=C1Cc2ccccc2C=C1C1c2cc(-c3ccc4c(c3)c3cc5ccccc5cc3n3c5ccccc5nc43)ccc2C(c2ccc3ccccc3c2)=C2C=CC=CC21. The van der Waals surface area contributed by atoms with Crippen LogP contribution in [0.2, 0.25) is 0 Å². The summed E-state index contributed by atoms with van der Waals surface area (Å²) in [6.07, 6.45) is 12.5. The van der Waals surface area contributed by atoms with Gasteiger partial charge in [-0.05, 0) is 143 Å². The Morgan fingerprint density at radius 3 is 2.20 bits per heavy atom. The molecule has 2 atom stereocenters. The second-order valence-corrected chi connectivity index (χ2v) is 16.8.